The highest BCUT2D eigenvalue weighted by molar-refractivity contribution is 7.99. The molecule has 0 aromatic rings. The lowest BCUT2D eigenvalue weighted by Crippen LogP contribution is -2.49. The highest BCUT2D eigenvalue weighted by Gasteiger charge is 2.22. The molecule has 3 N–H and O–H groups in total. The van der Waals surface area contributed by atoms with E-state index in [1.54, 1.807) is 0 Å². The molecular formula is C11H22N2OS. The molecule has 1 heterocycles. The summed E-state index contributed by atoms with van der Waals surface area (Å²) in [5, 5.41) is 2.98. The Hall–Kier alpha value is -0.220. The van der Waals surface area contributed by atoms with E-state index in [9.17, 15) is 4.79 Å². The normalized spacial score (nSPS) is 22.5. The summed E-state index contributed by atoms with van der Waals surface area (Å²) >= 11 is 1.96. The fraction of sp³-hybridized carbons (Fsp3) is 0.909. The summed E-state index contributed by atoms with van der Waals surface area (Å²) in [6, 6.07) is 0. The second kappa shape index (κ2) is 5.75. The van der Waals surface area contributed by atoms with Gasteiger partial charge in [-0.2, -0.15) is 11.8 Å². The minimum Gasteiger partial charge on any atom is -0.350 e. The largest absolute Gasteiger partial charge is 0.350 e. The second-order valence-corrected chi connectivity index (χ2v) is 6.07. The standard InChI is InChI=1S/C11H22N2OS/c1-11(2,8-12)13-10(14)6-9-4-3-5-15-7-9/h9H,3-8,12H2,1-2H3,(H,13,14). The van der Waals surface area contributed by atoms with Crippen molar-refractivity contribution in [1.82, 2.24) is 5.32 Å². The number of thioether (sulfide) groups is 1. The summed E-state index contributed by atoms with van der Waals surface area (Å²) in [5.41, 5.74) is 5.30. The van der Waals surface area contributed by atoms with Crippen LogP contribution in [0.25, 0.3) is 0 Å². The molecule has 0 saturated carbocycles. The topological polar surface area (TPSA) is 55.1 Å². The lowest BCUT2D eigenvalue weighted by Gasteiger charge is -2.26. The van der Waals surface area contributed by atoms with Crippen molar-refractivity contribution in [2.24, 2.45) is 11.7 Å². The monoisotopic (exact) mass is 230 g/mol. The van der Waals surface area contributed by atoms with Gasteiger partial charge in [-0.25, -0.2) is 0 Å². The third-order valence-corrected chi connectivity index (χ3v) is 4.00. The zero-order chi connectivity index (χ0) is 11.3. The van der Waals surface area contributed by atoms with Gasteiger partial charge < -0.3 is 11.1 Å². The first kappa shape index (κ1) is 12.8. The van der Waals surface area contributed by atoms with Crippen LogP contribution in [0.3, 0.4) is 0 Å². The third-order valence-electron chi connectivity index (χ3n) is 2.72. The van der Waals surface area contributed by atoms with E-state index >= 15 is 0 Å². The molecule has 0 aliphatic carbocycles. The lowest BCUT2D eigenvalue weighted by atomic mass is 9.99. The molecule has 1 aliphatic heterocycles. The maximum atomic E-state index is 11.7. The minimum absolute atomic E-state index is 0.151. The van der Waals surface area contributed by atoms with Crippen LogP contribution in [0.2, 0.25) is 0 Å². The number of hydrogen-bond donors (Lipinski definition) is 2. The summed E-state index contributed by atoms with van der Waals surface area (Å²) in [6.45, 7) is 4.40. The number of rotatable bonds is 4. The maximum absolute atomic E-state index is 11.7. The van der Waals surface area contributed by atoms with E-state index in [1.165, 1.54) is 18.6 Å². The number of nitrogens with one attached hydrogen (secondary N) is 1. The summed E-state index contributed by atoms with van der Waals surface area (Å²) in [4.78, 5) is 11.7. The van der Waals surface area contributed by atoms with Crippen LogP contribution in [-0.4, -0.2) is 29.5 Å². The van der Waals surface area contributed by atoms with Crippen molar-refractivity contribution in [3.8, 4) is 0 Å². The highest BCUT2D eigenvalue weighted by Crippen LogP contribution is 2.25. The quantitative estimate of drug-likeness (QED) is 0.767. The van der Waals surface area contributed by atoms with E-state index < -0.39 is 0 Å². The van der Waals surface area contributed by atoms with Crippen LogP contribution < -0.4 is 11.1 Å². The molecule has 0 bridgehead atoms. The number of carbonyl (C=O) groups excluding carboxylic acids is 1. The zero-order valence-corrected chi connectivity index (χ0v) is 10.5. The first-order chi connectivity index (χ1) is 7.03. The first-order valence-corrected chi connectivity index (χ1v) is 6.78. The van der Waals surface area contributed by atoms with Gasteiger partial charge in [0, 0.05) is 18.5 Å². The van der Waals surface area contributed by atoms with Crippen LogP contribution in [0.5, 0.6) is 0 Å². The summed E-state index contributed by atoms with van der Waals surface area (Å²) in [6.07, 6.45) is 3.11. The molecule has 1 atom stereocenters. The van der Waals surface area contributed by atoms with Crippen LogP contribution in [0, 0.1) is 5.92 Å². The van der Waals surface area contributed by atoms with Crippen LogP contribution in [0.4, 0.5) is 0 Å². The predicted octanol–water partition coefficient (Wildman–Crippen LogP) is 1.37. The van der Waals surface area contributed by atoms with E-state index in [2.05, 4.69) is 5.32 Å². The molecular weight excluding hydrogens is 208 g/mol. The summed E-state index contributed by atoms with van der Waals surface area (Å²) in [5.74, 6) is 3.11. The zero-order valence-electron chi connectivity index (χ0n) is 9.71. The maximum Gasteiger partial charge on any atom is 0.220 e. The van der Waals surface area contributed by atoms with Gasteiger partial charge >= 0.3 is 0 Å². The average molecular weight is 230 g/mol. The van der Waals surface area contributed by atoms with E-state index in [1.807, 2.05) is 25.6 Å². The van der Waals surface area contributed by atoms with Gasteiger partial charge in [-0.1, -0.05) is 0 Å². The fourth-order valence-electron chi connectivity index (χ4n) is 1.71. The third kappa shape index (κ3) is 4.89. The van der Waals surface area contributed by atoms with Crippen molar-refractivity contribution >= 4 is 17.7 Å². The number of amides is 1. The number of hydrogen-bond acceptors (Lipinski definition) is 3. The molecule has 1 amide bonds. The Bertz CT molecular complexity index is 213. The van der Waals surface area contributed by atoms with Gasteiger partial charge in [0.2, 0.25) is 5.91 Å². The summed E-state index contributed by atoms with van der Waals surface area (Å²) in [7, 11) is 0. The van der Waals surface area contributed by atoms with Crippen molar-refractivity contribution in [3.63, 3.8) is 0 Å². The molecule has 3 nitrogen and oxygen atoms in total. The number of carbonyl (C=O) groups is 1. The van der Waals surface area contributed by atoms with Gasteiger partial charge in [0.15, 0.2) is 0 Å². The molecule has 1 fully saturated rings. The van der Waals surface area contributed by atoms with Crippen LogP contribution in [0.15, 0.2) is 0 Å². The van der Waals surface area contributed by atoms with Gasteiger partial charge in [-0.05, 0) is 44.1 Å². The molecule has 1 aliphatic rings. The van der Waals surface area contributed by atoms with E-state index in [-0.39, 0.29) is 11.4 Å². The number of nitrogens with two attached hydrogens (primary N) is 1. The van der Waals surface area contributed by atoms with Crippen molar-refractivity contribution < 1.29 is 4.79 Å². The molecule has 0 radical (unpaired) electrons. The van der Waals surface area contributed by atoms with Gasteiger partial charge in [0.05, 0.1) is 0 Å². The molecule has 0 aromatic heterocycles. The van der Waals surface area contributed by atoms with Gasteiger partial charge in [-0.15, -0.1) is 0 Å². The fourth-order valence-corrected chi connectivity index (χ4v) is 2.87. The van der Waals surface area contributed by atoms with Gasteiger partial charge in [0.1, 0.15) is 0 Å². The van der Waals surface area contributed by atoms with Gasteiger partial charge in [-0.3, -0.25) is 4.79 Å². The summed E-state index contributed by atoms with van der Waals surface area (Å²) < 4.78 is 0. The van der Waals surface area contributed by atoms with Gasteiger partial charge in [0.25, 0.3) is 0 Å². The average Bonchev–Trinajstić information content (AvgIpc) is 2.18. The minimum atomic E-state index is -0.265. The van der Waals surface area contributed by atoms with Crippen molar-refractivity contribution in [1.29, 1.82) is 0 Å². The van der Waals surface area contributed by atoms with Crippen LogP contribution in [0.1, 0.15) is 33.1 Å². The molecule has 1 rings (SSSR count). The molecule has 4 heteroatoms. The lowest BCUT2D eigenvalue weighted by molar-refractivity contribution is -0.123. The Balaban J connectivity index is 2.28. The highest BCUT2D eigenvalue weighted by atomic mass is 32.2. The second-order valence-electron chi connectivity index (χ2n) is 4.92. The molecule has 15 heavy (non-hydrogen) atoms. The van der Waals surface area contributed by atoms with E-state index in [4.69, 9.17) is 5.73 Å². The Labute approximate surface area is 96.6 Å². The first-order valence-electron chi connectivity index (χ1n) is 5.62. The Morgan fingerprint density at radius 1 is 1.60 bits per heavy atom. The SMILES string of the molecule is CC(C)(CN)NC(=O)CC1CCCSC1. The van der Waals surface area contributed by atoms with E-state index in [0.29, 0.717) is 18.9 Å². The molecule has 88 valence electrons. The smallest absolute Gasteiger partial charge is 0.220 e. The molecule has 0 aromatic carbocycles. The van der Waals surface area contributed by atoms with Crippen molar-refractivity contribution in [2.45, 2.75) is 38.6 Å². The van der Waals surface area contributed by atoms with Crippen molar-refractivity contribution in [2.75, 3.05) is 18.1 Å². The Morgan fingerprint density at radius 3 is 2.87 bits per heavy atom. The van der Waals surface area contributed by atoms with E-state index in [0.717, 1.165) is 5.75 Å². The molecule has 0 spiro atoms. The predicted molar refractivity (Wildman–Crippen MR) is 65.9 cm³/mol. The Kier molecular flexibility index (Phi) is 4.93. The molecule has 1 unspecified atom stereocenters. The Morgan fingerprint density at radius 2 is 2.33 bits per heavy atom. The van der Waals surface area contributed by atoms with Crippen molar-refractivity contribution in [3.05, 3.63) is 0 Å². The van der Waals surface area contributed by atoms with Crippen LogP contribution >= 0.6 is 11.8 Å². The van der Waals surface area contributed by atoms with Crippen LogP contribution in [-0.2, 0) is 4.79 Å². The molecule has 1 saturated heterocycles.